The van der Waals surface area contributed by atoms with E-state index in [1.165, 1.54) is 12.1 Å². The Morgan fingerprint density at radius 1 is 1.08 bits per heavy atom. The molecule has 1 heterocycles. The molecule has 7 heteroatoms. The van der Waals surface area contributed by atoms with Gasteiger partial charge in [0, 0.05) is 31.4 Å². The monoisotopic (exact) mass is 385 g/mol. The fraction of sp³-hybridized carbons (Fsp3) is 0.333. The first kappa shape index (κ1) is 19.8. The van der Waals surface area contributed by atoms with Gasteiger partial charge >= 0.3 is 10.2 Å². The van der Waals surface area contributed by atoms with E-state index in [2.05, 4.69) is 5.32 Å². The van der Waals surface area contributed by atoms with Crippen LogP contribution in [0.1, 0.15) is 18.4 Å². The second kappa shape index (κ2) is 8.76. The van der Waals surface area contributed by atoms with E-state index in [0.717, 1.165) is 31.6 Å². The number of benzene rings is 2. The Bertz CT molecular complexity index is 807. The summed E-state index contributed by atoms with van der Waals surface area (Å²) in [6, 6.07) is 14.1. The van der Waals surface area contributed by atoms with Crippen molar-refractivity contribution in [2.24, 2.45) is 0 Å². The number of nitrogens with one attached hydrogen (secondary N) is 1. The van der Waals surface area contributed by atoms with Gasteiger partial charge in [0.15, 0.2) is 0 Å². The Hall–Kier alpha value is -1.47. The van der Waals surface area contributed by atoms with Crippen molar-refractivity contribution in [2.45, 2.75) is 30.3 Å². The molecule has 1 aliphatic rings. The molecule has 3 rings (SSSR count). The van der Waals surface area contributed by atoms with E-state index >= 15 is 0 Å². The van der Waals surface area contributed by atoms with Crippen LogP contribution in [0.3, 0.4) is 0 Å². The van der Waals surface area contributed by atoms with Crippen molar-refractivity contribution < 1.29 is 17.0 Å². The summed E-state index contributed by atoms with van der Waals surface area (Å²) in [4.78, 5) is -0.292. The molecule has 1 aliphatic heterocycles. The second-order valence-corrected chi connectivity index (χ2v) is 7.22. The lowest BCUT2D eigenvalue weighted by Gasteiger charge is -2.23. The summed E-state index contributed by atoms with van der Waals surface area (Å²) in [6.45, 7) is 2.24. The molecule has 1 saturated heterocycles. The molecule has 0 unspecified atom stereocenters. The fourth-order valence-corrected chi connectivity index (χ4v) is 3.62. The highest BCUT2D eigenvalue weighted by Crippen LogP contribution is 2.29. The molecule has 0 bridgehead atoms. The summed E-state index contributed by atoms with van der Waals surface area (Å²) in [7, 11) is -4.75. The summed E-state index contributed by atoms with van der Waals surface area (Å²) in [5, 5.41) is 3.49. The van der Waals surface area contributed by atoms with Crippen LogP contribution < -0.4 is 5.32 Å². The number of hydrogen-bond donors (Lipinski definition) is 1. The van der Waals surface area contributed by atoms with Crippen LogP contribution in [0.4, 0.5) is 3.89 Å². The molecule has 0 atom stereocenters. The van der Waals surface area contributed by atoms with Crippen molar-refractivity contribution in [3.05, 3.63) is 54.1 Å². The Labute approximate surface area is 154 Å². The molecular formula is C18H21ClFNO3S. The largest absolute Gasteiger partial charge is 0.381 e. The van der Waals surface area contributed by atoms with Crippen LogP contribution in [0.15, 0.2) is 53.4 Å². The highest BCUT2D eigenvalue weighted by atomic mass is 35.5. The molecule has 25 heavy (non-hydrogen) atoms. The van der Waals surface area contributed by atoms with Crippen LogP contribution in [0, 0.1) is 0 Å². The highest BCUT2D eigenvalue weighted by Gasteiger charge is 2.18. The Balaban J connectivity index is 0.00000225. The molecule has 0 saturated carbocycles. The van der Waals surface area contributed by atoms with E-state index in [-0.39, 0.29) is 17.3 Å². The SMILES string of the molecule is Cl.O=S(=O)(F)c1ccccc1-c1cccc(CNC2CCOCC2)c1. The molecule has 0 spiro atoms. The number of rotatable bonds is 5. The molecule has 2 aromatic carbocycles. The van der Waals surface area contributed by atoms with Gasteiger partial charge in [0.25, 0.3) is 0 Å². The molecule has 0 amide bonds. The Morgan fingerprint density at radius 2 is 1.80 bits per heavy atom. The maximum Gasteiger partial charge on any atom is 0.332 e. The lowest BCUT2D eigenvalue weighted by atomic mass is 10.0. The van der Waals surface area contributed by atoms with Gasteiger partial charge in [-0.25, -0.2) is 0 Å². The van der Waals surface area contributed by atoms with Crippen molar-refractivity contribution in [3.8, 4) is 11.1 Å². The van der Waals surface area contributed by atoms with Crippen molar-refractivity contribution >= 4 is 22.6 Å². The van der Waals surface area contributed by atoms with Crippen LogP contribution in [-0.4, -0.2) is 27.7 Å². The van der Waals surface area contributed by atoms with Gasteiger partial charge in [0.05, 0.1) is 0 Å². The topological polar surface area (TPSA) is 55.4 Å². The lowest BCUT2D eigenvalue weighted by Crippen LogP contribution is -2.34. The van der Waals surface area contributed by atoms with E-state index in [0.29, 0.717) is 23.7 Å². The smallest absolute Gasteiger partial charge is 0.332 e. The lowest BCUT2D eigenvalue weighted by molar-refractivity contribution is 0.0776. The van der Waals surface area contributed by atoms with Gasteiger partial charge in [0.2, 0.25) is 0 Å². The molecule has 1 fully saturated rings. The standard InChI is InChI=1S/C18H20FNO3S.ClH/c19-24(21,22)18-7-2-1-6-17(18)15-5-3-4-14(12-15)13-20-16-8-10-23-11-9-16;/h1-7,12,16,20H,8-11,13H2;1H. The highest BCUT2D eigenvalue weighted by molar-refractivity contribution is 7.86. The molecule has 0 radical (unpaired) electrons. The molecule has 0 aliphatic carbocycles. The number of hydrogen-bond acceptors (Lipinski definition) is 4. The van der Waals surface area contributed by atoms with Gasteiger partial charge < -0.3 is 10.1 Å². The number of halogens is 2. The molecular weight excluding hydrogens is 365 g/mol. The zero-order valence-electron chi connectivity index (χ0n) is 13.7. The van der Waals surface area contributed by atoms with E-state index in [1.807, 2.05) is 18.2 Å². The first-order valence-corrected chi connectivity index (χ1v) is 9.36. The van der Waals surface area contributed by atoms with Crippen molar-refractivity contribution in [1.29, 1.82) is 0 Å². The second-order valence-electron chi connectivity index (χ2n) is 5.90. The van der Waals surface area contributed by atoms with Crippen molar-refractivity contribution in [1.82, 2.24) is 5.32 Å². The average molecular weight is 386 g/mol. The van der Waals surface area contributed by atoms with E-state index in [9.17, 15) is 12.3 Å². The molecule has 0 aromatic heterocycles. The minimum absolute atomic E-state index is 0. The minimum atomic E-state index is -4.75. The minimum Gasteiger partial charge on any atom is -0.381 e. The third-order valence-electron chi connectivity index (χ3n) is 4.20. The van der Waals surface area contributed by atoms with Crippen LogP contribution in [-0.2, 0) is 21.5 Å². The molecule has 4 nitrogen and oxygen atoms in total. The summed E-state index contributed by atoms with van der Waals surface area (Å²) in [6.07, 6.45) is 1.98. The van der Waals surface area contributed by atoms with Gasteiger partial charge in [-0.2, -0.15) is 8.42 Å². The van der Waals surface area contributed by atoms with Gasteiger partial charge in [-0.1, -0.05) is 36.4 Å². The summed E-state index contributed by atoms with van der Waals surface area (Å²) in [5.74, 6) is 0. The van der Waals surface area contributed by atoms with Gasteiger partial charge in [-0.3, -0.25) is 0 Å². The van der Waals surface area contributed by atoms with E-state index in [1.54, 1.807) is 18.2 Å². The van der Waals surface area contributed by atoms with Crippen molar-refractivity contribution in [3.63, 3.8) is 0 Å². The Morgan fingerprint density at radius 3 is 2.52 bits per heavy atom. The maximum absolute atomic E-state index is 13.5. The fourth-order valence-electron chi connectivity index (χ4n) is 2.93. The zero-order chi connectivity index (χ0) is 17.0. The predicted octanol–water partition coefficient (Wildman–Crippen LogP) is 3.70. The first-order valence-electron chi connectivity index (χ1n) is 7.98. The summed E-state index contributed by atoms with van der Waals surface area (Å²) >= 11 is 0. The summed E-state index contributed by atoms with van der Waals surface area (Å²) < 4.78 is 41.6. The third-order valence-corrected chi connectivity index (χ3v) is 5.09. The number of ether oxygens (including phenoxy) is 1. The van der Waals surface area contributed by atoms with Crippen LogP contribution in [0.5, 0.6) is 0 Å². The Kier molecular flexibility index (Phi) is 6.95. The van der Waals surface area contributed by atoms with E-state index in [4.69, 9.17) is 4.74 Å². The van der Waals surface area contributed by atoms with Crippen molar-refractivity contribution in [2.75, 3.05) is 13.2 Å². The third kappa shape index (κ3) is 5.25. The molecule has 1 N–H and O–H groups in total. The predicted molar refractivity (Wildman–Crippen MR) is 98.1 cm³/mol. The van der Waals surface area contributed by atoms with E-state index < -0.39 is 10.2 Å². The zero-order valence-corrected chi connectivity index (χ0v) is 15.3. The normalized spacial score (nSPS) is 15.6. The summed E-state index contributed by atoms with van der Waals surface area (Å²) in [5.41, 5.74) is 2.11. The van der Waals surface area contributed by atoms with Gasteiger partial charge in [0.1, 0.15) is 4.90 Å². The molecule has 136 valence electrons. The van der Waals surface area contributed by atoms with Gasteiger partial charge in [-0.05, 0) is 36.1 Å². The average Bonchev–Trinajstić information content (AvgIpc) is 2.60. The molecule has 2 aromatic rings. The van der Waals surface area contributed by atoms with Crippen LogP contribution in [0.2, 0.25) is 0 Å². The quantitative estimate of drug-likeness (QED) is 0.797. The van der Waals surface area contributed by atoms with Gasteiger partial charge in [-0.15, -0.1) is 16.3 Å². The van der Waals surface area contributed by atoms with Crippen LogP contribution >= 0.6 is 12.4 Å². The maximum atomic E-state index is 13.5. The first-order chi connectivity index (χ1) is 11.5. The van der Waals surface area contributed by atoms with Crippen LogP contribution in [0.25, 0.3) is 11.1 Å².